The van der Waals surface area contributed by atoms with Crippen LogP contribution in [0.15, 0.2) is 46.2 Å². The molecule has 4 aromatic rings. The van der Waals surface area contributed by atoms with Gasteiger partial charge in [-0.1, -0.05) is 11.3 Å². The molecule has 0 fully saturated rings. The number of hydrogen-bond acceptors (Lipinski definition) is 6. The Bertz CT molecular complexity index is 1150. The van der Waals surface area contributed by atoms with Crippen LogP contribution < -0.4 is 5.56 Å². The lowest BCUT2D eigenvalue weighted by atomic mass is 10.3. The molecule has 0 N–H and O–H groups in total. The summed E-state index contributed by atoms with van der Waals surface area (Å²) in [5, 5.41) is 7.72. The van der Waals surface area contributed by atoms with E-state index in [-0.39, 0.29) is 23.5 Å². The van der Waals surface area contributed by atoms with Gasteiger partial charge in [-0.25, -0.2) is 23.4 Å². The fraction of sp³-hybridized carbons (Fsp3) is 0.188. The Hall–Kier alpha value is -3.43. The van der Waals surface area contributed by atoms with Crippen molar-refractivity contribution in [3.8, 4) is 11.4 Å². The number of pyridine rings is 1. The minimum Gasteiger partial charge on any atom is -0.442 e. The third-order valence-corrected chi connectivity index (χ3v) is 3.76. The number of nitrogens with zero attached hydrogens (tertiary/aromatic N) is 6. The monoisotopic (exact) mass is 358 g/mol. The van der Waals surface area contributed by atoms with E-state index in [1.165, 1.54) is 21.3 Å². The Balaban J connectivity index is 1.65. The van der Waals surface area contributed by atoms with Crippen molar-refractivity contribution in [1.82, 2.24) is 29.4 Å². The van der Waals surface area contributed by atoms with Crippen LogP contribution in [-0.2, 0) is 6.54 Å². The Morgan fingerprint density at radius 2 is 2.12 bits per heavy atom. The van der Waals surface area contributed by atoms with Crippen LogP contribution in [0.2, 0.25) is 0 Å². The fourth-order valence-electron chi connectivity index (χ4n) is 2.59. The highest BCUT2D eigenvalue weighted by molar-refractivity contribution is 5.54. The van der Waals surface area contributed by atoms with Crippen LogP contribution in [-0.4, -0.2) is 29.4 Å². The summed E-state index contributed by atoms with van der Waals surface area (Å²) in [6.07, 6.45) is 1.29. The maximum absolute atomic E-state index is 12.9. The van der Waals surface area contributed by atoms with Gasteiger partial charge in [-0.05, 0) is 18.6 Å². The topological polar surface area (TPSA) is 91.1 Å². The van der Waals surface area contributed by atoms with Gasteiger partial charge in [-0.2, -0.15) is 0 Å². The Morgan fingerprint density at radius 1 is 1.27 bits per heavy atom. The van der Waals surface area contributed by atoms with Gasteiger partial charge in [0.2, 0.25) is 0 Å². The molecule has 0 spiro atoms. The molecule has 0 aliphatic heterocycles. The average molecular weight is 358 g/mol. The molecule has 0 aliphatic carbocycles. The van der Waals surface area contributed by atoms with E-state index in [0.29, 0.717) is 11.3 Å². The normalized spacial score (nSPS) is 11.5. The second-order valence-electron chi connectivity index (χ2n) is 5.69. The van der Waals surface area contributed by atoms with Crippen LogP contribution in [0.25, 0.3) is 17.0 Å². The summed E-state index contributed by atoms with van der Waals surface area (Å²) in [4.78, 5) is 20.4. The number of aromatic nitrogens is 6. The molecule has 4 heterocycles. The van der Waals surface area contributed by atoms with Gasteiger partial charge in [0.25, 0.3) is 12.0 Å². The van der Waals surface area contributed by atoms with E-state index >= 15 is 0 Å². The molecule has 4 rings (SSSR count). The van der Waals surface area contributed by atoms with Gasteiger partial charge in [-0.3, -0.25) is 9.20 Å². The molecule has 0 aromatic carbocycles. The second kappa shape index (κ2) is 6.14. The zero-order valence-electron chi connectivity index (χ0n) is 13.5. The standard InChI is InChI=1S/C16H12F2N6O2/c1-9-2-3-12-20-10(4-13(25)24(12)5-9)6-23-7-11(21-22-23)14-15(16(17)18)26-8-19-14/h2-5,7-8,16H,6H2,1H3. The van der Waals surface area contributed by atoms with E-state index in [4.69, 9.17) is 0 Å². The molecule has 0 saturated heterocycles. The third-order valence-electron chi connectivity index (χ3n) is 3.76. The number of hydrogen-bond donors (Lipinski definition) is 0. The summed E-state index contributed by atoms with van der Waals surface area (Å²) in [7, 11) is 0. The van der Waals surface area contributed by atoms with Crippen LogP contribution in [0.1, 0.15) is 23.4 Å². The van der Waals surface area contributed by atoms with Crippen molar-refractivity contribution in [3.05, 3.63) is 64.4 Å². The first-order valence-corrected chi connectivity index (χ1v) is 7.62. The zero-order chi connectivity index (χ0) is 18.3. The number of fused-ring (bicyclic) bond motifs is 1. The van der Waals surface area contributed by atoms with Crippen molar-refractivity contribution in [2.45, 2.75) is 19.9 Å². The molecule has 4 aromatic heterocycles. The number of halogens is 2. The Labute approximate surface area is 144 Å². The first kappa shape index (κ1) is 16.1. The van der Waals surface area contributed by atoms with Crippen LogP contribution >= 0.6 is 0 Å². The van der Waals surface area contributed by atoms with Gasteiger partial charge in [-0.15, -0.1) is 5.10 Å². The van der Waals surface area contributed by atoms with Crippen LogP contribution in [0.3, 0.4) is 0 Å². The Kier molecular flexibility index (Phi) is 3.79. The summed E-state index contributed by atoms with van der Waals surface area (Å²) in [6.45, 7) is 2.04. The van der Waals surface area contributed by atoms with E-state index in [1.807, 2.05) is 13.0 Å². The molecule has 26 heavy (non-hydrogen) atoms. The minimum absolute atomic E-state index is 0.0618. The number of alkyl halides is 2. The fourth-order valence-corrected chi connectivity index (χ4v) is 2.59. The van der Waals surface area contributed by atoms with Crippen LogP contribution in [0, 0.1) is 6.92 Å². The first-order chi connectivity index (χ1) is 12.5. The molecule has 0 aliphatic rings. The van der Waals surface area contributed by atoms with Crippen molar-refractivity contribution in [3.63, 3.8) is 0 Å². The maximum atomic E-state index is 12.9. The Morgan fingerprint density at radius 3 is 2.92 bits per heavy atom. The van der Waals surface area contributed by atoms with Gasteiger partial charge in [0.15, 0.2) is 12.2 Å². The molecule has 10 heteroatoms. The van der Waals surface area contributed by atoms with Gasteiger partial charge < -0.3 is 4.42 Å². The molecule has 0 atom stereocenters. The zero-order valence-corrected chi connectivity index (χ0v) is 13.5. The molecular formula is C16H12F2N6O2. The maximum Gasteiger partial charge on any atom is 0.297 e. The van der Waals surface area contributed by atoms with Gasteiger partial charge in [0.1, 0.15) is 17.0 Å². The second-order valence-corrected chi connectivity index (χ2v) is 5.69. The van der Waals surface area contributed by atoms with Gasteiger partial charge in [0.05, 0.1) is 18.4 Å². The molecule has 0 bridgehead atoms. The molecular weight excluding hydrogens is 346 g/mol. The molecule has 0 saturated carbocycles. The number of aryl methyl sites for hydroxylation is 1. The first-order valence-electron chi connectivity index (χ1n) is 7.62. The predicted octanol–water partition coefficient (Wildman–Crippen LogP) is 2.24. The lowest BCUT2D eigenvalue weighted by Gasteiger charge is -2.04. The van der Waals surface area contributed by atoms with E-state index in [9.17, 15) is 13.6 Å². The summed E-state index contributed by atoms with van der Waals surface area (Å²) in [5.74, 6) is -0.561. The van der Waals surface area contributed by atoms with E-state index in [1.54, 1.807) is 12.3 Å². The predicted molar refractivity (Wildman–Crippen MR) is 85.8 cm³/mol. The SMILES string of the molecule is Cc1ccc2nc(Cn3cc(-c4ncoc4C(F)F)nn3)cc(=O)n2c1. The molecule has 0 amide bonds. The third kappa shape index (κ3) is 2.85. The summed E-state index contributed by atoms with van der Waals surface area (Å²) >= 11 is 0. The minimum atomic E-state index is -2.80. The smallest absolute Gasteiger partial charge is 0.297 e. The van der Waals surface area contributed by atoms with Crippen molar-refractivity contribution in [1.29, 1.82) is 0 Å². The van der Waals surface area contributed by atoms with Crippen molar-refractivity contribution in [2.75, 3.05) is 0 Å². The summed E-state index contributed by atoms with van der Waals surface area (Å²) < 4.78 is 33.3. The quantitative estimate of drug-likeness (QED) is 0.556. The van der Waals surface area contributed by atoms with Crippen LogP contribution in [0.5, 0.6) is 0 Å². The van der Waals surface area contributed by atoms with Crippen molar-refractivity contribution in [2.24, 2.45) is 0 Å². The molecule has 0 radical (unpaired) electrons. The van der Waals surface area contributed by atoms with Crippen molar-refractivity contribution < 1.29 is 13.2 Å². The average Bonchev–Trinajstić information content (AvgIpc) is 3.24. The molecule has 8 nitrogen and oxygen atoms in total. The van der Waals surface area contributed by atoms with Crippen LogP contribution in [0.4, 0.5) is 8.78 Å². The molecule has 0 unspecified atom stereocenters. The largest absolute Gasteiger partial charge is 0.442 e. The van der Waals surface area contributed by atoms with Gasteiger partial charge in [0, 0.05) is 12.3 Å². The number of oxazole rings is 1. The summed E-state index contributed by atoms with van der Waals surface area (Å²) in [5.41, 5.74) is 1.80. The lowest BCUT2D eigenvalue weighted by Crippen LogP contribution is -2.17. The highest BCUT2D eigenvalue weighted by Crippen LogP contribution is 2.28. The van der Waals surface area contributed by atoms with E-state index in [2.05, 4.69) is 24.7 Å². The number of rotatable bonds is 4. The highest BCUT2D eigenvalue weighted by Gasteiger charge is 2.22. The highest BCUT2D eigenvalue weighted by atomic mass is 19.3. The van der Waals surface area contributed by atoms with Crippen molar-refractivity contribution >= 4 is 5.65 Å². The summed E-state index contributed by atoms with van der Waals surface area (Å²) in [6, 6.07) is 5.00. The van der Waals surface area contributed by atoms with Gasteiger partial charge >= 0.3 is 0 Å². The van der Waals surface area contributed by atoms with E-state index in [0.717, 1.165) is 12.0 Å². The van der Waals surface area contributed by atoms with E-state index < -0.39 is 12.2 Å². The lowest BCUT2D eigenvalue weighted by molar-refractivity contribution is 0.122. The molecule has 132 valence electrons.